The average molecular weight is 358 g/mol. The zero-order valence-corrected chi connectivity index (χ0v) is 13.4. The Hall–Kier alpha value is -2.60. The van der Waals surface area contributed by atoms with Crippen molar-refractivity contribution < 1.29 is 33.0 Å². The molecule has 1 heterocycles. The van der Waals surface area contributed by atoms with Crippen molar-refractivity contribution in [3.05, 3.63) is 35.4 Å². The van der Waals surface area contributed by atoms with E-state index in [1.807, 2.05) is 23.1 Å². The Kier molecular flexibility index (Phi) is 6.53. The number of rotatable bonds is 3. The second-order valence-electron chi connectivity index (χ2n) is 5.68. The first kappa shape index (κ1) is 20.4. The fourth-order valence-corrected chi connectivity index (χ4v) is 2.49. The van der Waals surface area contributed by atoms with Crippen LogP contribution >= 0.6 is 0 Å². The highest BCUT2D eigenvalue weighted by Crippen LogP contribution is 2.31. The maximum absolute atomic E-state index is 11.4. The third kappa shape index (κ3) is 5.19. The molecule has 0 bridgehead atoms. The van der Waals surface area contributed by atoms with Crippen LogP contribution in [0.3, 0.4) is 0 Å². The molecule has 1 atom stereocenters. The molecule has 1 fully saturated rings. The molecule has 0 amide bonds. The molecule has 1 saturated heterocycles. The minimum absolute atomic E-state index is 0.520. The number of aliphatic carboxylic acids is 2. The van der Waals surface area contributed by atoms with Gasteiger partial charge < -0.3 is 10.2 Å². The van der Waals surface area contributed by atoms with Crippen LogP contribution < -0.4 is 0 Å². The number of hydrogen-bond donors (Lipinski definition) is 2. The van der Waals surface area contributed by atoms with E-state index in [0.29, 0.717) is 18.5 Å². The van der Waals surface area contributed by atoms with Gasteiger partial charge in [-0.3, -0.25) is 9.69 Å². The van der Waals surface area contributed by atoms with Gasteiger partial charge in [0.1, 0.15) is 5.54 Å². The van der Waals surface area contributed by atoms with Crippen molar-refractivity contribution in [1.82, 2.24) is 4.90 Å². The molecule has 1 unspecified atom stereocenters. The molecule has 0 aliphatic carbocycles. The number of carboxylic acid groups (broad SMARTS) is 2. The Balaban J connectivity index is 0.000000381. The fourth-order valence-electron chi connectivity index (χ4n) is 2.49. The number of carbonyl (C=O) groups is 2. The van der Waals surface area contributed by atoms with Crippen molar-refractivity contribution in [3.63, 3.8) is 0 Å². The second-order valence-corrected chi connectivity index (χ2v) is 5.68. The number of carboxylic acids is 2. The molecule has 0 radical (unpaired) electrons. The summed E-state index contributed by atoms with van der Waals surface area (Å²) in [5.74, 6) is -3.54. The third-order valence-electron chi connectivity index (χ3n) is 3.99. The average Bonchev–Trinajstić information content (AvgIpc) is 2.90. The van der Waals surface area contributed by atoms with E-state index < -0.39 is 23.7 Å². The Morgan fingerprint density at radius 3 is 2.36 bits per heavy atom. The molecule has 1 aliphatic heterocycles. The van der Waals surface area contributed by atoms with Crippen LogP contribution in [0.25, 0.3) is 0 Å². The summed E-state index contributed by atoms with van der Waals surface area (Å²) >= 11 is 0. The fraction of sp³-hybridized carbons (Fsp3) is 0.438. The largest absolute Gasteiger partial charge is 0.490 e. The number of likely N-dealkylation sites (tertiary alicyclic amines) is 1. The maximum Gasteiger partial charge on any atom is 0.490 e. The van der Waals surface area contributed by atoms with Crippen molar-refractivity contribution in [2.75, 3.05) is 6.54 Å². The Morgan fingerprint density at radius 1 is 1.32 bits per heavy atom. The smallest absolute Gasteiger partial charge is 0.480 e. The first-order chi connectivity index (χ1) is 11.5. The molecular weight excluding hydrogens is 341 g/mol. The molecule has 2 N–H and O–H groups in total. The number of alkyl halides is 3. The quantitative estimate of drug-likeness (QED) is 0.861. The topological polar surface area (TPSA) is 102 Å². The van der Waals surface area contributed by atoms with Gasteiger partial charge in [-0.15, -0.1) is 0 Å². The Morgan fingerprint density at radius 2 is 1.88 bits per heavy atom. The summed E-state index contributed by atoms with van der Waals surface area (Å²) in [6, 6.07) is 9.51. The van der Waals surface area contributed by atoms with Crippen LogP contribution in [-0.2, 0) is 16.1 Å². The van der Waals surface area contributed by atoms with E-state index in [1.165, 1.54) is 0 Å². The summed E-state index contributed by atoms with van der Waals surface area (Å²) in [7, 11) is 0. The van der Waals surface area contributed by atoms with Crippen molar-refractivity contribution >= 4 is 11.9 Å². The van der Waals surface area contributed by atoms with Crippen molar-refractivity contribution in [1.29, 1.82) is 5.26 Å². The molecule has 1 aromatic carbocycles. The van der Waals surface area contributed by atoms with E-state index in [4.69, 9.17) is 15.2 Å². The summed E-state index contributed by atoms with van der Waals surface area (Å²) in [6.07, 6.45) is -3.53. The van der Waals surface area contributed by atoms with Crippen molar-refractivity contribution in [2.24, 2.45) is 0 Å². The molecule has 25 heavy (non-hydrogen) atoms. The van der Waals surface area contributed by atoms with Crippen LogP contribution in [0.1, 0.15) is 30.9 Å². The molecule has 9 heteroatoms. The minimum atomic E-state index is -5.08. The van der Waals surface area contributed by atoms with E-state index in [0.717, 1.165) is 18.5 Å². The third-order valence-corrected chi connectivity index (χ3v) is 3.99. The molecule has 6 nitrogen and oxygen atoms in total. The van der Waals surface area contributed by atoms with Crippen LogP contribution in [0.15, 0.2) is 24.3 Å². The standard InChI is InChI=1S/C14H16N2O2.C2HF3O2/c1-14(13(17)18)7-4-8-16(14)10-12-6-3-2-5-11(12)9-15;3-2(4,5)1(6)7/h2-3,5-6H,4,7-8,10H2,1H3,(H,17,18);(H,6,7). The predicted octanol–water partition coefficient (Wildman–Crippen LogP) is 2.63. The zero-order valence-electron chi connectivity index (χ0n) is 13.4. The number of benzene rings is 1. The lowest BCUT2D eigenvalue weighted by Gasteiger charge is -2.31. The van der Waals surface area contributed by atoms with Gasteiger partial charge >= 0.3 is 18.1 Å². The van der Waals surface area contributed by atoms with Gasteiger partial charge in [-0.1, -0.05) is 18.2 Å². The highest BCUT2D eigenvalue weighted by molar-refractivity contribution is 5.78. The van der Waals surface area contributed by atoms with Gasteiger partial charge in [0.25, 0.3) is 0 Å². The summed E-state index contributed by atoms with van der Waals surface area (Å²) in [5.41, 5.74) is 0.717. The number of nitrogens with zero attached hydrogens (tertiary/aromatic N) is 2. The Bertz CT molecular complexity index is 685. The van der Waals surface area contributed by atoms with Crippen molar-refractivity contribution in [3.8, 4) is 6.07 Å². The second kappa shape index (κ2) is 7.98. The van der Waals surface area contributed by atoms with Gasteiger partial charge in [0.2, 0.25) is 0 Å². The first-order valence-electron chi connectivity index (χ1n) is 7.29. The predicted molar refractivity (Wildman–Crippen MR) is 80.5 cm³/mol. The van der Waals surface area contributed by atoms with Crippen LogP contribution in [0.5, 0.6) is 0 Å². The highest BCUT2D eigenvalue weighted by atomic mass is 19.4. The van der Waals surface area contributed by atoms with Gasteiger partial charge in [0.15, 0.2) is 0 Å². The minimum Gasteiger partial charge on any atom is -0.480 e. The monoisotopic (exact) mass is 358 g/mol. The maximum atomic E-state index is 11.4. The molecule has 0 saturated carbocycles. The molecule has 2 rings (SSSR count). The van der Waals surface area contributed by atoms with Gasteiger partial charge in [0, 0.05) is 6.54 Å². The van der Waals surface area contributed by atoms with Crippen LogP contribution in [0.4, 0.5) is 13.2 Å². The summed E-state index contributed by atoms with van der Waals surface area (Å²) < 4.78 is 31.7. The van der Waals surface area contributed by atoms with Crippen LogP contribution in [-0.4, -0.2) is 45.3 Å². The van der Waals surface area contributed by atoms with Gasteiger partial charge in [0.05, 0.1) is 11.6 Å². The molecule has 1 aromatic rings. The van der Waals surface area contributed by atoms with Crippen LogP contribution in [0, 0.1) is 11.3 Å². The molecule has 0 spiro atoms. The van der Waals surface area contributed by atoms with Crippen molar-refractivity contribution in [2.45, 2.75) is 38.0 Å². The van der Waals surface area contributed by atoms with E-state index in [2.05, 4.69) is 6.07 Å². The highest BCUT2D eigenvalue weighted by Gasteiger charge is 2.43. The summed E-state index contributed by atoms with van der Waals surface area (Å²) in [6.45, 7) is 3.05. The lowest BCUT2D eigenvalue weighted by atomic mass is 9.98. The van der Waals surface area contributed by atoms with Gasteiger partial charge in [-0.25, -0.2) is 4.79 Å². The zero-order chi connectivity index (χ0) is 19.3. The molecule has 0 aromatic heterocycles. The van der Waals surface area contributed by atoms with E-state index in [9.17, 15) is 23.1 Å². The summed E-state index contributed by atoms with van der Waals surface area (Å²) in [5, 5.41) is 25.5. The van der Waals surface area contributed by atoms with E-state index in [1.54, 1.807) is 13.0 Å². The normalized spacial score (nSPS) is 20.3. The summed E-state index contributed by atoms with van der Waals surface area (Å²) in [4.78, 5) is 22.2. The van der Waals surface area contributed by atoms with Crippen LogP contribution in [0.2, 0.25) is 0 Å². The number of nitriles is 1. The molecular formula is C16H17F3N2O4. The number of hydrogen-bond acceptors (Lipinski definition) is 4. The van der Waals surface area contributed by atoms with Gasteiger partial charge in [-0.2, -0.15) is 18.4 Å². The Labute approximate surface area is 142 Å². The van der Waals surface area contributed by atoms with E-state index >= 15 is 0 Å². The molecule has 136 valence electrons. The first-order valence-corrected chi connectivity index (χ1v) is 7.29. The SMILES string of the molecule is CC1(C(=O)O)CCCN1Cc1ccccc1C#N.O=C(O)C(F)(F)F. The lowest BCUT2D eigenvalue weighted by Crippen LogP contribution is -2.47. The van der Waals surface area contributed by atoms with Gasteiger partial charge in [-0.05, 0) is 37.9 Å². The molecule has 1 aliphatic rings. The lowest BCUT2D eigenvalue weighted by molar-refractivity contribution is -0.192. The number of halogens is 3. The van der Waals surface area contributed by atoms with E-state index in [-0.39, 0.29) is 0 Å².